The van der Waals surface area contributed by atoms with Crippen LogP contribution in [0.5, 0.6) is 5.75 Å². The minimum Gasteiger partial charge on any atom is -0.493 e. The molecule has 0 aliphatic carbocycles. The summed E-state index contributed by atoms with van der Waals surface area (Å²) < 4.78 is 28.0. The Kier molecular flexibility index (Phi) is 4.87. The number of aromatic nitrogens is 4. The van der Waals surface area contributed by atoms with Crippen molar-refractivity contribution in [1.29, 1.82) is 0 Å². The quantitative estimate of drug-likeness (QED) is 0.605. The van der Waals surface area contributed by atoms with Crippen molar-refractivity contribution in [2.45, 2.75) is 19.3 Å². The first-order valence-electron chi connectivity index (χ1n) is 9.01. The van der Waals surface area contributed by atoms with Gasteiger partial charge in [0, 0.05) is 29.5 Å². The number of carbonyl (C=O) groups excluding carboxylic acids is 1. The second kappa shape index (κ2) is 7.36. The lowest BCUT2D eigenvalue weighted by molar-refractivity contribution is -0.116. The zero-order chi connectivity index (χ0) is 20.6. The summed E-state index contributed by atoms with van der Waals surface area (Å²) in [5, 5.41) is 3.51. The molecule has 1 amide bonds. The standard InChI is InChI=1S/C19H19N5O4S/c1-11-20-9-14-16(19(25)24-18(14)23-11)17-13-5-4-12(8-15(13)21-10-22-17)28-6-3-7-29(2,26)27/h4-5,8-10,16H,3,6-7H2,1-2H3,(H,20,23,24,25). The number of ether oxygens (including phenoxy) is 1. The topological polar surface area (TPSA) is 124 Å². The van der Waals surface area contributed by atoms with Crippen molar-refractivity contribution in [3.8, 4) is 5.75 Å². The van der Waals surface area contributed by atoms with Crippen LogP contribution >= 0.6 is 0 Å². The van der Waals surface area contributed by atoms with E-state index >= 15 is 0 Å². The van der Waals surface area contributed by atoms with Crippen molar-refractivity contribution < 1.29 is 17.9 Å². The molecule has 3 aromatic rings. The van der Waals surface area contributed by atoms with Crippen LogP contribution in [0, 0.1) is 6.92 Å². The van der Waals surface area contributed by atoms with Crippen LogP contribution in [0.4, 0.5) is 5.82 Å². The van der Waals surface area contributed by atoms with Crippen LogP contribution in [-0.4, -0.2) is 52.9 Å². The molecule has 29 heavy (non-hydrogen) atoms. The molecule has 1 aromatic carbocycles. The molecule has 0 saturated heterocycles. The molecule has 150 valence electrons. The zero-order valence-electron chi connectivity index (χ0n) is 15.9. The van der Waals surface area contributed by atoms with Gasteiger partial charge in [0.1, 0.15) is 39.5 Å². The third kappa shape index (κ3) is 4.02. The van der Waals surface area contributed by atoms with Gasteiger partial charge in [0.05, 0.1) is 23.6 Å². The van der Waals surface area contributed by atoms with E-state index in [0.717, 1.165) is 5.39 Å². The number of hydrogen-bond donors (Lipinski definition) is 1. The van der Waals surface area contributed by atoms with Gasteiger partial charge in [-0.05, 0) is 25.5 Å². The van der Waals surface area contributed by atoms with Gasteiger partial charge in [0.25, 0.3) is 0 Å². The maximum Gasteiger partial charge on any atom is 0.239 e. The molecule has 1 aliphatic heterocycles. The van der Waals surface area contributed by atoms with E-state index in [2.05, 4.69) is 25.3 Å². The molecule has 3 heterocycles. The number of hydrogen-bond acceptors (Lipinski definition) is 8. The molecule has 1 aliphatic rings. The first-order valence-corrected chi connectivity index (χ1v) is 11.1. The summed E-state index contributed by atoms with van der Waals surface area (Å²) in [4.78, 5) is 29.7. The van der Waals surface area contributed by atoms with Crippen LogP contribution in [0.15, 0.2) is 30.7 Å². The highest BCUT2D eigenvalue weighted by Gasteiger charge is 2.35. The van der Waals surface area contributed by atoms with E-state index in [9.17, 15) is 13.2 Å². The Morgan fingerprint density at radius 2 is 2.03 bits per heavy atom. The van der Waals surface area contributed by atoms with E-state index in [1.807, 2.05) is 0 Å². The highest BCUT2D eigenvalue weighted by Crippen LogP contribution is 2.37. The molecule has 1 atom stereocenters. The van der Waals surface area contributed by atoms with Gasteiger partial charge >= 0.3 is 0 Å². The fraction of sp³-hybridized carbons (Fsp3) is 0.316. The molecular weight excluding hydrogens is 394 g/mol. The zero-order valence-corrected chi connectivity index (χ0v) is 16.7. The monoisotopic (exact) mass is 413 g/mol. The Morgan fingerprint density at radius 3 is 2.83 bits per heavy atom. The molecule has 0 spiro atoms. The van der Waals surface area contributed by atoms with Gasteiger partial charge in [-0.2, -0.15) is 0 Å². The van der Waals surface area contributed by atoms with Gasteiger partial charge in [-0.15, -0.1) is 0 Å². The lowest BCUT2D eigenvalue weighted by atomic mass is 9.96. The van der Waals surface area contributed by atoms with Crippen LogP contribution in [0.2, 0.25) is 0 Å². The molecule has 0 bridgehead atoms. The summed E-state index contributed by atoms with van der Waals surface area (Å²) in [5.41, 5.74) is 1.88. The predicted molar refractivity (Wildman–Crippen MR) is 107 cm³/mol. The average molecular weight is 413 g/mol. The fourth-order valence-corrected chi connectivity index (χ4v) is 3.92. The van der Waals surface area contributed by atoms with Gasteiger partial charge in [0.15, 0.2) is 0 Å². The molecule has 10 heteroatoms. The number of anilines is 1. The molecule has 9 nitrogen and oxygen atoms in total. The van der Waals surface area contributed by atoms with Gasteiger partial charge in [-0.25, -0.2) is 28.4 Å². The maximum atomic E-state index is 12.6. The summed E-state index contributed by atoms with van der Waals surface area (Å²) in [6.45, 7) is 2.04. The second-order valence-corrected chi connectivity index (χ2v) is 9.17. The Hall–Kier alpha value is -3.14. The van der Waals surface area contributed by atoms with Crippen LogP contribution < -0.4 is 10.1 Å². The lowest BCUT2D eigenvalue weighted by Crippen LogP contribution is -2.15. The highest BCUT2D eigenvalue weighted by atomic mass is 32.2. The normalized spacial score (nSPS) is 15.9. The number of rotatable bonds is 6. The minimum absolute atomic E-state index is 0.0741. The second-order valence-electron chi connectivity index (χ2n) is 6.91. The largest absolute Gasteiger partial charge is 0.493 e. The number of benzene rings is 1. The number of fused-ring (bicyclic) bond motifs is 2. The van der Waals surface area contributed by atoms with Crippen LogP contribution in [0.3, 0.4) is 0 Å². The van der Waals surface area contributed by atoms with Crippen molar-refractivity contribution in [1.82, 2.24) is 19.9 Å². The Morgan fingerprint density at radius 1 is 1.21 bits per heavy atom. The Bertz CT molecular complexity index is 1210. The molecule has 4 rings (SSSR count). The van der Waals surface area contributed by atoms with E-state index in [1.54, 1.807) is 31.3 Å². The van der Waals surface area contributed by atoms with Crippen LogP contribution in [-0.2, 0) is 14.6 Å². The van der Waals surface area contributed by atoms with E-state index in [4.69, 9.17) is 4.74 Å². The van der Waals surface area contributed by atoms with Crippen molar-refractivity contribution in [2.24, 2.45) is 0 Å². The molecule has 2 aromatic heterocycles. The van der Waals surface area contributed by atoms with E-state index in [-0.39, 0.29) is 18.3 Å². The summed E-state index contributed by atoms with van der Waals surface area (Å²) in [6.07, 6.45) is 4.66. The smallest absolute Gasteiger partial charge is 0.239 e. The van der Waals surface area contributed by atoms with Crippen LogP contribution in [0.25, 0.3) is 10.9 Å². The SMILES string of the molecule is Cc1ncc2c(n1)NC(=O)C2c1ncnc2cc(OCCCS(C)(=O)=O)ccc12. The van der Waals surface area contributed by atoms with Crippen LogP contribution in [0.1, 0.15) is 29.4 Å². The summed E-state index contributed by atoms with van der Waals surface area (Å²) >= 11 is 0. The van der Waals surface area contributed by atoms with Gasteiger partial charge < -0.3 is 10.1 Å². The van der Waals surface area contributed by atoms with Crippen molar-refractivity contribution in [3.05, 3.63) is 47.8 Å². The molecule has 0 radical (unpaired) electrons. The molecule has 0 fully saturated rings. The Labute approximate surface area is 167 Å². The minimum atomic E-state index is -3.01. The summed E-state index contributed by atoms with van der Waals surface area (Å²) in [7, 11) is -3.01. The predicted octanol–water partition coefficient (Wildman–Crippen LogP) is 1.63. The third-order valence-corrected chi connectivity index (χ3v) is 5.62. The first-order chi connectivity index (χ1) is 13.8. The van der Waals surface area contributed by atoms with Crippen molar-refractivity contribution >= 4 is 32.5 Å². The maximum absolute atomic E-state index is 12.6. The fourth-order valence-electron chi connectivity index (χ4n) is 3.28. The molecule has 0 saturated carbocycles. The highest BCUT2D eigenvalue weighted by molar-refractivity contribution is 7.90. The average Bonchev–Trinajstić information content (AvgIpc) is 2.98. The van der Waals surface area contributed by atoms with Gasteiger partial charge in [-0.1, -0.05) is 0 Å². The number of nitrogens with one attached hydrogen (secondary N) is 1. The number of sulfone groups is 1. The lowest BCUT2D eigenvalue weighted by Gasteiger charge is -2.12. The number of carbonyl (C=O) groups is 1. The van der Waals surface area contributed by atoms with E-state index in [0.29, 0.717) is 40.6 Å². The molecular formula is C19H19N5O4S. The number of amides is 1. The number of nitrogens with zero attached hydrogens (tertiary/aromatic N) is 4. The number of aryl methyl sites for hydroxylation is 1. The molecule has 1 unspecified atom stereocenters. The Balaban J connectivity index is 1.62. The summed E-state index contributed by atoms with van der Waals surface area (Å²) in [6, 6.07) is 5.31. The summed E-state index contributed by atoms with van der Waals surface area (Å²) in [5.74, 6) is 0.912. The van der Waals surface area contributed by atoms with E-state index < -0.39 is 15.8 Å². The third-order valence-electron chi connectivity index (χ3n) is 4.59. The van der Waals surface area contributed by atoms with Crippen molar-refractivity contribution in [2.75, 3.05) is 23.9 Å². The van der Waals surface area contributed by atoms with Gasteiger partial charge in [-0.3, -0.25) is 4.79 Å². The van der Waals surface area contributed by atoms with E-state index in [1.165, 1.54) is 12.6 Å². The van der Waals surface area contributed by atoms with Gasteiger partial charge in [0.2, 0.25) is 5.91 Å². The van der Waals surface area contributed by atoms with Crippen molar-refractivity contribution in [3.63, 3.8) is 0 Å². The first kappa shape index (κ1) is 19.2. The molecule has 1 N–H and O–H groups in total.